The predicted molar refractivity (Wildman–Crippen MR) is 59.9 cm³/mol. The molecule has 2 heteroatoms. The van der Waals surface area contributed by atoms with Crippen molar-refractivity contribution in [1.82, 2.24) is 4.90 Å². The van der Waals surface area contributed by atoms with E-state index in [9.17, 15) is 0 Å². The Morgan fingerprint density at radius 1 is 1.43 bits per heavy atom. The molecule has 80 valence electrons. The summed E-state index contributed by atoms with van der Waals surface area (Å²) in [6, 6.07) is 0. The molecule has 0 aromatic heterocycles. The molecule has 0 saturated heterocycles. The van der Waals surface area contributed by atoms with E-state index >= 15 is 0 Å². The molecule has 1 rings (SSSR count). The van der Waals surface area contributed by atoms with E-state index in [4.69, 9.17) is 4.74 Å². The molecule has 0 aromatic rings. The first kappa shape index (κ1) is 11.3. The summed E-state index contributed by atoms with van der Waals surface area (Å²) in [5.74, 6) is 0. The molecule has 0 N–H and O–H groups in total. The van der Waals surface area contributed by atoms with Gasteiger partial charge in [-0.15, -0.1) is 0 Å². The second-order valence-corrected chi connectivity index (χ2v) is 5.16. The molecular weight excluding hydrogens is 174 g/mol. The van der Waals surface area contributed by atoms with Gasteiger partial charge in [0.05, 0.1) is 6.61 Å². The van der Waals surface area contributed by atoms with Crippen molar-refractivity contribution in [2.24, 2.45) is 5.41 Å². The molecule has 2 nitrogen and oxygen atoms in total. The van der Waals surface area contributed by atoms with Gasteiger partial charge in [-0.1, -0.05) is 26.8 Å². The van der Waals surface area contributed by atoms with Gasteiger partial charge < -0.3 is 9.64 Å². The van der Waals surface area contributed by atoms with E-state index in [1.807, 2.05) is 7.05 Å². The van der Waals surface area contributed by atoms with Crippen molar-refractivity contribution in [2.75, 3.05) is 13.7 Å². The molecule has 1 aliphatic heterocycles. The number of hydrogen-bond donors (Lipinski definition) is 0. The van der Waals surface area contributed by atoms with Crippen LogP contribution in [0.4, 0.5) is 0 Å². The molecule has 0 fully saturated rings. The molecule has 1 atom stereocenters. The van der Waals surface area contributed by atoms with E-state index < -0.39 is 0 Å². The van der Waals surface area contributed by atoms with Crippen molar-refractivity contribution in [1.29, 1.82) is 0 Å². The molecule has 0 aromatic carbocycles. The minimum absolute atomic E-state index is 0.0953. The van der Waals surface area contributed by atoms with Gasteiger partial charge in [0, 0.05) is 13.2 Å². The highest BCUT2D eigenvalue weighted by Crippen LogP contribution is 2.18. The van der Waals surface area contributed by atoms with E-state index in [0.29, 0.717) is 0 Å². The second-order valence-electron chi connectivity index (χ2n) is 5.16. The van der Waals surface area contributed by atoms with E-state index in [2.05, 4.69) is 50.9 Å². The Morgan fingerprint density at radius 3 is 2.57 bits per heavy atom. The third-order valence-corrected chi connectivity index (χ3v) is 2.02. The fourth-order valence-corrected chi connectivity index (χ4v) is 1.32. The highest BCUT2D eigenvalue weighted by atomic mass is 16.5. The van der Waals surface area contributed by atoms with Gasteiger partial charge in [-0.25, -0.2) is 0 Å². The molecule has 0 bridgehead atoms. The smallest absolute Gasteiger partial charge is 0.149 e. The van der Waals surface area contributed by atoms with Crippen LogP contribution in [0.1, 0.15) is 27.7 Å². The molecule has 14 heavy (non-hydrogen) atoms. The number of hydrogen-bond acceptors (Lipinski definition) is 2. The van der Waals surface area contributed by atoms with Crippen molar-refractivity contribution in [3.8, 4) is 0 Å². The Hall–Kier alpha value is -0.760. The summed E-state index contributed by atoms with van der Waals surface area (Å²) in [4.78, 5) is 2.10. The van der Waals surface area contributed by atoms with Crippen LogP contribution >= 0.6 is 0 Å². The lowest BCUT2D eigenvalue weighted by atomic mass is 9.99. The van der Waals surface area contributed by atoms with Crippen molar-refractivity contribution < 1.29 is 4.74 Å². The maximum Gasteiger partial charge on any atom is 0.149 e. The molecule has 0 amide bonds. The van der Waals surface area contributed by atoms with E-state index in [0.717, 1.165) is 6.61 Å². The summed E-state index contributed by atoms with van der Waals surface area (Å²) in [5.41, 5.74) is 1.49. The zero-order chi connectivity index (χ0) is 10.8. The largest absolute Gasteiger partial charge is 0.354 e. The molecule has 0 aliphatic carbocycles. The SMILES string of the molecule is CC1=CN(C)C(OCC(C)(C)C)C=C1. The number of nitrogens with zero attached hydrogens (tertiary/aromatic N) is 1. The predicted octanol–water partition coefficient (Wildman–Crippen LogP) is 2.78. The Balaban J connectivity index is 2.45. The summed E-state index contributed by atoms with van der Waals surface area (Å²) < 4.78 is 5.80. The second kappa shape index (κ2) is 4.18. The van der Waals surface area contributed by atoms with E-state index in [1.165, 1.54) is 5.57 Å². The maximum absolute atomic E-state index is 5.80. The lowest BCUT2D eigenvalue weighted by molar-refractivity contribution is -0.0276. The Labute approximate surface area is 87.2 Å². The van der Waals surface area contributed by atoms with Gasteiger partial charge in [-0.3, -0.25) is 0 Å². The summed E-state index contributed by atoms with van der Waals surface area (Å²) in [7, 11) is 2.04. The average Bonchev–Trinajstić information content (AvgIpc) is 2.00. The van der Waals surface area contributed by atoms with Gasteiger partial charge in [0.15, 0.2) is 0 Å². The first-order valence-corrected chi connectivity index (χ1v) is 5.09. The van der Waals surface area contributed by atoms with Gasteiger partial charge in [0.1, 0.15) is 6.23 Å². The Kier molecular flexibility index (Phi) is 3.38. The minimum Gasteiger partial charge on any atom is -0.354 e. The quantitative estimate of drug-likeness (QED) is 0.672. The first-order chi connectivity index (χ1) is 6.38. The van der Waals surface area contributed by atoms with Crippen LogP contribution in [0.3, 0.4) is 0 Å². The van der Waals surface area contributed by atoms with Crippen molar-refractivity contribution in [2.45, 2.75) is 33.9 Å². The number of likely N-dealkylation sites (N-methyl/N-ethyl adjacent to an activating group) is 1. The molecule has 0 spiro atoms. The summed E-state index contributed by atoms with van der Waals surface area (Å²) >= 11 is 0. The molecule has 1 heterocycles. The minimum atomic E-state index is 0.0953. The fraction of sp³-hybridized carbons (Fsp3) is 0.667. The van der Waals surface area contributed by atoms with Gasteiger partial charge >= 0.3 is 0 Å². The lowest BCUT2D eigenvalue weighted by Crippen LogP contribution is -2.32. The standard InChI is InChI=1S/C12H21NO/c1-10-6-7-11(13(5)8-10)14-9-12(2,3)4/h6-8,11H,9H2,1-5H3. The first-order valence-electron chi connectivity index (χ1n) is 5.09. The highest BCUT2D eigenvalue weighted by molar-refractivity contribution is 5.20. The Morgan fingerprint density at radius 2 is 2.07 bits per heavy atom. The van der Waals surface area contributed by atoms with Gasteiger partial charge in [-0.05, 0) is 24.0 Å². The molecule has 0 saturated carbocycles. The van der Waals surface area contributed by atoms with Crippen LogP contribution in [0.5, 0.6) is 0 Å². The van der Waals surface area contributed by atoms with Crippen LogP contribution in [0.15, 0.2) is 23.9 Å². The van der Waals surface area contributed by atoms with Crippen LogP contribution in [0, 0.1) is 5.41 Å². The molecule has 1 aliphatic rings. The third kappa shape index (κ3) is 3.54. The molecule has 0 radical (unpaired) electrons. The summed E-state index contributed by atoms with van der Waals surface area (Å²) in [6.07, 6.45) is 6.40. The van der Waals surface area contributed by atoms with E-state index in [-0.39, 0.29) is 11.6 Å². The zero-order valence-corrected chi connectivity index (χ0v) is 9.87. The number of rotatable bonds is 2. The van der Waals surface area contributed by atoms with E-state index in [1.54, 1.807) is 0 Å². The monoisotopic (exact) mass is 195 g/mol. The summed E-state index contributed by atoms with van der Waals surface area (Å²) in [6.45, 7) is 9.41. The zero-order valence-electron chi connectivity index (χ0n) is 9.87. The van der Waals surface area contributed by atoms with Crippen LogP contribution in [0.2, 0.25) is 0 Å². The molecule has 1 unspecified atom stereocenters. The van der Waals surface area contributed by atoms with Crippen molar-refractivity contribution in [3.05, 3.63) is 23.9 Å². The topological polar surface area (TPSA) is 12.5 Å². The van der Waals surface area contributed by atoms with Gasteiger partial charge in [0.2, 0.25) is 0 Å². The highest BCUT2D eigenvalue weighted by Gasteiger charge is 2.17. The summed E-state index contributed by atoms with van der Waals surface area (Å²) in [5, 5.41) is 0. The average molecular weight is 195 g/mol. The van der Waals surface area contributed by atoms with Crippen LogP contribution in [-0.2, 0) is 4.74 Å². The number of allylic oxidation sites excluding steroid dienone is 2. The van der Waals surface area contributed by atoms with Gasteiger partial charge in [-0.2, -0.15) is 0 Å². The van der Waals surface area contributed by atoms with Crippen molar-refractivity contribution in [3.63, 3.8) is 0 Å². The van der Waals surface area contributed by atoms with Crippen LogP contribution < -0.4 is 0 Å². The normalized spacial score (nSPS) is 22.5. The van der Waals surface area contributed by atoms with Crippen LogP contribution in [0.25, 0.3) is 0 Å². The lowest BCUT2D eigenvalue weighted by Gasteiger charge is -2.30. The third-order valence-electron chi connectivity index (χ3n) is 2.02. The fourth-order valence-electron chi connectivity index (χ4n) is 1.32. The van der Waals surface area contributed by atoms with Gasteiger partial charge in [0.25, 0.3) is 0 Å². The van der Waals surface area contributed by atoms with Crippen LogP contribution in [-0.4, -0.2) is 24.8 Å². The van der Waals surface area contributed by atoms with Crippen molar-refractivity contribution >= 4 is 0 Å². The number of ether oxygens (including phenoxy) is 1. The maximum atomic E-state index is 5.80. The molecular formula is C12H21NO. The Bertz CT molecular complexity index is 248.